The van der Waals surface area contributed by atoms with E-state index >= 15 is 0 Å². The fourth-order valence-corrected chi connectivity index (χ4v) is 3.79. The SMILES string of the molecule is CC(C)CNCC1(CC2CCCC2)CCOC1C. The maximum absolute atomic E-state index is 5.90. The highest BCUT2D eigenvalue weighted by Gasteiger charge is 2.42. The Kier molecular flexibility index (Phi) is 5.08. The van der Waals surface area contributed by atoms with Crippen LogP contribution in [0.4, 0.5) is 0 Å². The van der Waals surface area contributed by atoms with Crippen LogP contribution in [0.25, 0.3) is 0 Å². The predicted octanol–water partition coefficient (Wildman–Crippen LogP) is 3.61. The number of nitrogens with one attached hydrogen (secondary N) is 1. The van der Waals surface area contributed by atoms with Crippen LogP contribution in [-0.2, 0) is 4.74 Å². The Morgan fingerprint density at radius 1 is 1.28 bits per heavy atom. The summed E-state index contributed by atoms with van der Waals surface area (Å²) in [5, 5.41) is 3.69. The summed E-state index contributed by atoms with van der Waals surface area (Å²) >= 11 is 0. The van der Waals surface area contributed by atoms with Crippen molar-refractivity contribution in [3.8, 4) is 0 Å². The van der Waals surface area contributed by atoms with Crippen LogP contribution in [0.1, 0.15) is 59.3 Å². The molecular formula is C16H31NO. The van der Waals surface area contributed by atoms with Gasteiger partial charge in [0.15, 0.2) is 0 Å². The van der Waals surface area contributed by atoms with Gasteiger partial charge in [-0.25, -0.2) is 0 Å². The van der Waals surface area contributed by atoms with Crippen molar-refractivity contribution in [2.75, 3.05) is 19.7 Å². The number of hydrogen-bond acceptors (Lipinski definition) is 2. The molecule has 0 spiro atoms. The van der Waals surface area contributed by atoms with Gasteiger partial charge in [-0.3, -0.25) is 0 Å². The average Bonchev–Trinajstić information content (AvgIpc) is 2.91. The monoisotopic (exact) mass is 253 g/mol. The maximum atomic E-state index is 5.90. The van der Waals surface area contributed by atoms with Crippen LogP contribution in [0.2, 0.25) is 0 Å². The molecule has 2 heteroatoms. The molecule has 106 valence electrons. The fraction of sp³-hybridized carbons (Fsp3) is 1.00. The predicted molar refractivity (Wildman–Crippen MR) is 76.7 cm³/mol. The van der Waals surface area contributed by atoms with E-state index in [0.717, 1.165) is 31.5 Å². The summed E-state index contributed by atoms with van der Waals surface area (Å²) < 4.78 is 5.90. The van der Waals surface area contributed by atoms with Crippen LogP contribution in [-0.4, -0.2) is 25.8 Å². The van der Waals surface area contributed by atoms with E-state index in [9.17, 15) is 0 Å². The molecule has 2 rings (SSSR count). The summed E-state index contributed by atoms with van der Waals surface area (Å²) in [5.41, 5.74) is 0.421. The molecule has 0 aromatic carbocycles. The van der Waals surface area contributed by atoms with E-state index in [1.807, 2.05) is 0 Å². The summed E-state index contributed by atoms with van der Waals surface area (Å²) in [6.45, 7) is 10.1. The Labute approximate surface area is 113 Å². The lowest BCUT2D eigenvalue weighted by atomic mass is 9.73. The molecule has 0 bridgehead atoms. The van der Waals surface area contributed by atoms with Crippen molar-refractivity contribution in [3.63, 3.8) is 0 Å². The third-order valence-electron chi connectivity index (χ3n) is 5.03. The van der Waals surface area contributed by atoms with Gasteiger partial charge in [-0.15, -0.1) is 0 Å². The Morgan fingerprint density at radius 2 is 2.00 bits per heavy atom. The second-order valence-electron chi connectivity index (χ2n) is 7.00. The van der Waals surface area contributed by atoms with Gasteiger partial charge in [0.1, 0.15) is 0 Å². The van der Waals surface area contributed by atoms with Crippen LogP contribution in [0.15, 0.2) is 0 Å². The number of hydrogen-bond donors (Lipinski definition) is 1. The molecule has 1 N–H and O–H groups in total. The van der Waals surface area contributed by atoms with E-state index in [1.54, 1.807) is 0 Å². The fourth-order valence-electron chi connectivity index (χ4n) is 3.79. The molecule has 0 amide bonds. The molecule has 2 unspecified atom stereocenters. The first-order valence-corrected chi connectivity index (χ1v) is 7.95. The smallest absolute Gasteiger partial charge is 0.0616 e. The average molecular weight is 253 g/mol. The van der Waals surface area contributed by atoms with Crippen molar-refractivity contribution in [3.05, 3.63) is 0 Å². The third-order valence-corrected chi connectivity index (χ3v) is 5.03. The van der Waals surface area contributed by atoms with Crippen LogP contribution in [0.3, 0.4) is 0 Å². The molecule has 18 heavy (non-hydrogen) atoms. The second kappa shape index (κ2) is 6.38. The minimum Gasteiger partial charge on any atom is -0.378 e. The third kappa shape index (κ3) is 3.48. The van der Waals surface area contributed by atoms with Crippen molar-refractivity contribution >= 4 is 0 Å². The van der Waals surface area contributed by atoms with E-state index in [1.165, 1.54) is 38.5 Å². The molecule has 2 fully saturated rings. The van der Waals surface area contributed by atoms with Crippen molar-refractivity contribution < 1.29 is 4.74 Å². The minimum atomic E-state index is 0.421. The van der Waals surface area contributed by atoms with Gasteiger partial charge < -0.3 is 10.1 Å². The summed E-state index contributed by atoms with van der Waals surface area (Å²) in [4.78, 5) is 0. The van der Waals surface area contributed by atoms with Gasteiger partial charge in [-0.1, -0.05) is 39.5 Å². The summed E-state index contributed by atoms with van der Waals surface area (Å²) in [6.07, 6.45) is 8.91. The largest absolute Gasteiger partial charge is 0.378 e. The zero-order valence-electron chi connectivity index (χ0n) is 12.5. The van der Waals surface area contributed by atoms with Gasteiger partial charge in [0, 0.05) is 18.6 Å². The zero-order valence-corrected chi connectivity index (χ0v) is 12.5. The molecule has 1 heterocycles. The molecule has 2 atom stereocenters. The highest BCUT2D eigenvalue weighted by molar-refractivity contribution is 4.93. The van der Waals surface area contributed by atoms with E-state index in [0.29, 0.717) is 11.5 Å². The van der Waals surface area contributed by atoms with Crippen molar-refractivity contribution in [1.29, 1.82) is 0 Å². The Balaban J connectivity index is 1.90. The van der Waals surface area contributed by atoms with Crippen molar-refractivity contribution in [2.45, 2.75) is 65.4 Å². The summed E-state index contributed by atoms with van der Waals surface area (Å²) in [5.74, 6) is 1.71. The molecule has 1 aliphatic carbocycles. The van der Waals surface area contributed by atoms with Gasteiger partial charge in [-0.2, -0.15) is 0 Å². The van der Waals surface area contributed by atoms with Crippen LogP contribution in [0, 0.1) is 17.3 Å². The molecule has 0 radical (unpaired) electrons. The molecule has 1 aliphatic heterocycles. The molecular weight excluding hydrogens is 222 g/mol. The van der Waals surface area contributed by atoms with Gasteiger partial charge in [0.2, 0.25) is 0 Å². The molecule has 1 saturated heterocycles. The molecule has 2 aliphatic rings. The Hall–Kier alpha value is -0.0800. The van der Waals surface area contributed by atoms with E-state index in [2.05, 4.69) is 26.1 Å². The van der Waals surface area contributed by atoms with E-state index in [-0.39, 0.29) is 0 Å². The van der Waals surface area contributed by atoms with E-state index in [4.69, 9.17) is 4.74 Å². The molecule has 0 aromatic rings. The minimum absolute atomic E-state index is 0.421. The van der Waals surface area contributed by atoms with Crippen LogP contribution < -0.4 is 5.32 Å². The summed E-state index contributed by atoms with van der Waals surface area (Å²) in [7, 11) is 0. The van der Waals surface area contributed by atoms with Gasteiger partial charge in [0.25, 0.3) is 0 Å². The van der Waals surface area contributed by atoms with Crippen LogP contribution in [0.5, 0.6) is 0 Å². The Bertz CT molecular complexity index is 247. The standard InChI is InChI=1S/C16H31NO/c1-13(2)11-17-12-16(8-9-18-14(16)3)10-15-6-4-5-7-15/h13-15,17H,4-12H2,1-3H3. The maximum Gasteiger partial charge on any atom is 0.0616 e. The van der Waals surface area contributed by atoms with Crippen LogP contribution >= 0.6 is 0 Å². The highest BCUT2D eigenvalue weighted by atomic mass is 16.5. The van der Waals surface area contributed by atoms with Crippen molar-refractivity contribution in [1.82, 2.24) is 5.32 Å². The van der Waals surface area contributed by atoms with E-state index < -0.39 is 0 Å². The molecule has 0 aromatic heterocycles. The zero-order chi connectivity index (χ0) is 13.0. The highest BCUT2D eigenvalue weighted by Crippen LogP contribution is 2.44. The lowest BCUT2D eigenvalue weighted by Crippen LogP contribution is -2.41. The normalized spacial score (nSPS) is 33.7. The van der Waals surface area contributed by atoms with Crippen molar-refractivity contribution in [2.24, 2.45) is 17.3 Å². The first kappa shape index (κ1) is 14.3. The van der Waals surface area contributed by atoms with Gasteiger partial charge >= 0.3 is 0 Å². The number of rotatable bonds is 6. The molecule has 1 saturated carbocycles. The first-order chi connectivity index (χ1) is 8.62. The van der Waals surface area contributed by atoms with Gasteiger partial charge in [0.05, 0.1) is 6.10 Å². The lowest BCUT2D eigenvalue weighted by Gasteiger charge is -2.35. The summed E-state index contributed by atoms with van der Waals surface area (Å²) in [6, 6.07) is 0. The Morgan fingerprint density at radius 3 is 2.56 bits per heavy atom. The quantitative estimate of drug-likeness (QED) is 0.781. The second-order valence-corrected chi connectivity index (χ2v) is 7.00. The number of ether oxygens (including phenoxy) is 1. The van der Waals surface area contributed by atoms with Gasteiger partial charge in [-0.05, 0) is 38.1 Å². The first-order valence-electron chi connectivity index (χ1n) is 7.95. The lowest BCUT2D eigenvalue weighted by molar-refractivity contribution is 0.0491. The molecule has 2 nitrogen and oxygen atoms in total. The topological polar surface area (TPSA) is 21.3 Å².